The number of aryl methyl sites for hydroxylation is 1. The Hall–Kier alpha value is -1.60. The summed E-state index contributed by atoms with van der Waals surface area (Å²) in [6.07, 6.45) is 5.13. The fraction of sp³-hybridized carbons (Fsp3) is 0.520. The molecule has 1 fully saturated rings. The molecule has 2 aromatic carbocycles. The number of hydrogen-bond acceptors (Lipinski definition) is 4. The smallest absolute Gasteiger partial charge is 0.214 e. The molecule has 1 aliphatic heterocycles. The summed E-state index contributed by atoms with van der Waals surface area (Å²) in [4.78, 5) is 0. The molecule has 3 atom stereocenters. The van der Waals surface area contributed by atoms with Crippen LogP contribution in [0.3, 0.4) is 0 Å². The summed E-state index contributed by atoms with van der Waals surface area (Å²) in [5, 5.41) is 0.739. The van der Waals surface area contributed by atoms with Gasteiger partial charge in [-0.1, -0.05) is 36.7 Å². The van der Waals surface area contributed by atoms with Crippen molar-refractivity contribution in [2.75, 3.05) is 18.9 Å². The van der Waals surface area contributed by atoms with Crippen LogP contribution >= 0.6 is 11.6 Å². The molecular formula is C25H33ClN2O3S. The Labute approximate surface area is 196 Å². The molecule has 2 aliphatic rings. The molecule has 0 saturated carbocycles. The Morgan fingerprint density at radius 3 is 2.81 bits per heavy atom. The maximum Gasteiger partial charge on any atom is 0.214 e. The van der Waals surface area contributed by atoms with Crippen molar-refractivity contribution in [3.05, 3.63) is 64.2 Å². The lowest BCUT2D eigenvalue weighted by molar-refractivity contribution is 0.232. The van der Waals surface area contributed by atoms with E-state index in [1.54, 1.807) is 4.31 Å². The van der Waals surface area contributed by atoms with Crippen LogP contribution in [0.15, 0.2) is 42.5 Å². The van der Waals surface area contributed by atoms with Gasteiger partial charge in [0.25, 0.3) is 0 Å². The lowest BCUT2D eigenvalue weighted by Gasteiger charge is -2.32. The average molecular weight is 477 g/mol. The Bertz CT molecular complexity index is 1040. The molecule has 2 N–H and O–H groups in total. The van der Waals surface area contributed by atoms with Crippen molar-refractivity contribution < 1.29 is 13.2 Å². The van der Waals surface area contributed by atoms with Crippen LogP contribution in [0.5, 0.6) is 5.75 Å². The van der Waals surface area contributed by atoms with Crippen molar-refractivity contribution in [2.45, 2.75) is 63.5 Å². The minimum absolute atomic E-state index is 0.0845. The largest absolute Gasteiger partial charge is 0.492 e. The molecule has 5 nitrogen and oxygen atoms in total. The van der Waals surface area contributed by atoms with Gasteiger partial charge in [0, 0.05) is 23.5 Å². The zero-order chi connectivity index (χ0) is 22.7. The molecule has 1 saturated heterocycles. The molecule has 1 aliphatic carbocycles. The first-order valence-corrected chi connectivity index (χ1v) is 13.6. The van der Waals surface area contributed by atoms with E-state index >= 15 is 0 Å². The molecule has 174 valence electrons. The molecule has 4 rings (SSSR count). The summed E-state index contributed by atoms with van der Waals surface area (Å²) in [5.74, 6) is 1.19. The topological polar surface area (TPSA) is 72.6 Å². The van der Waals surface area contributed by atoms with Crippen molar-refractivity contribution in [3.8, 4) is 5.75 Å². The van der Waals surface area contributed by atoms with Gasteiger partial charge in [0.05, 0.1) is 11.8 Å². The Morgan fingerprint density at radius 1 is 1.19 bits per heavy atom. The summed E-state index contributed by atoms with van der Waals surface area (Å²) < 4.78 is 32.9. The number of halogens is 1. The second-order valence-corrected chi connectivity index (χ2v) is 11.5. The van der Waals surface area contributed by atoms with E-state index in [2.05, 4.69) is 18.2 Å². The zero-order valence-corrected chi connectivity index (χ0v) is 20.2. The number of rotatable bonds is 8. The molecule has 0 spiro atoms. The normalized spacial score (nSPS) is 23.8. The van der Waals surface area contributed by atoms with E-state index in [4.69, 9.17) is 22.1 Å². The molecule has 0 bridgehead atoms. The zero-order valence-electron chi connectivity index (χ0n) is 18.7. The SMILES string of the molecule is CCCS(=O)(=O)N1CCC[C@@H]1COc1ccc2c(c1)C(Cc1cccc(Cl)c1)C(N)CC2. The van der Waals surface area contributed by atoms with Crippen LogP contribution in [0.4, 0.5) is 0 Å². The maximum absolute atomic E-state index is 12.6. The van der Waals surface area contributed by atoms with Gasteiger partial charge in [0.15, 0.2) is 0 Å². The third-order valence-corrected chi connectivity index (χ3v) is 9.06. The van der Waals surface area contributed by atoms with Crippen LogP contribution in [0.2, 0.25) is 5.02 Å². The van der Waals surface area contributed by atoms with Gasteiger partial charge in [-0.2, -0.15) is 4.31 Å². The van der Waals surface area contributed by atoms with Crippen LogP contribution in [-0.2, 0) is 22.9 Å². The number of sulfonamides is 1. The van der Waals surface area contributed by atoms with Crippen molar-refractivity contribution >= 4 is 21.6 Å². The first kappa shape index (κ1) is 23.6. The average Bonchev–Trinajstić information content (AvgIpc) is 3.24. The molecule has 0 radical (unpaired) electrons. The Balaban J connectivity index is 1.49. The number of nitrogens with two attached hydrogens (primary N) is 1. The van der Waals surface area contributed by atoms with Gasteiger partial charge in [-0.05, 0) is 79.5 Å². The summed E-state index contributed by atoms with van der Waals surface area (Å²) in [6.45, 7) is 2.88. The van der Waals surface area contributed by atoms with Gasteiger partial charge in [-0.15, -0.1) is 0 Å². The molecule has 2 unspecified atom stereocenters. The highest BCUT2D eigenvalue weighted by molar-refractivity contribution is 7.89. The van der Waals surface area contributed by atoms with E-state index < -0.39 is 10.0 Å². The minimum atomic E-state index is -3.21. The van der Waals surface area contributed by atoms with Crippen LogP contribution < -0.4 is 10.5 Å². The van der Waals surface area contributed by atoms with Crippen molar-refractivity contribution in [1.29, 1.82) is 0 Å². The van der Waals surface area contributed by atoms with Gasteiger partial charge in [0.1, 0.15) is 12.4 Å². The number of fused-ring (bicyclic) bond motifs is 1. The monoisotopic (exact) mass is 476 g/mol. The highest BCUT2D eigenvalue weighted by Crippen LogP contribution is 2.36. The van der Waals surface area contributed by atoms with E-state index in [-0.39, 0.29) is 23.8 Å². The second kappa shape index (κ2) is 10.1. The summed E-state index contributed by atoms with van der Waals surface area (Å²) in [6, 6.07) is 14.2. The van der Waals surface area contributed by atoms with Crippen molar-refractivity contribution in [2.24, 2.45) is 5.73 Å². The van der Waals surface area contributed by atoms with E-state index in [1.165, 1.54) is 16.7 Å². The molecule has 7 heteroatoms. The second-order valence-electron chi connectivity index (χ2n) is 9.04. The first-order valence-electron chi connectivity index (χ1n) is 11.6. The van der Waals surface area contributed by atoms with E-state index in [0.717, 1.165) is 42.9 Å². The summed E-state index contributed by atoms with van der Waals surface area (Å²) >= 11 is 6.19. The van der Waals surface area contributed by atoms with Crippen LogP contribution in [0, 0.1) is 0 Å². The van der Waals surface area contributed by atoms with Crippen molar-refractivity contribution in [1.82, 2.24) is 4.31 Å². The van der Waals surface area contributed by atoms with Crippen LogP contribution in [0.1, 0.15) is 55.2 Å². The van der Waals surface area contributed by atoms with E-state index in [0.29, 0.717) is 19.6 Å². The third kappa shape index (κ3) is 5.30. The maximum atomic E-state index is 12.6. The molecule has 0 aromatic heterocycles. The minimum Gasteiger partial charge on any atom is -0.492 e. The number of ether oxygens (including phenoxy) is 1. The predicted molar refractivity (Wildman–Crippen MR) is 130 cm³/mol. The van der Waals surface area contributed by atoms with E-state index in [1.807, 2.05) is 31.2 Å². The molecule has 32 heavy (non-hydrogen) atoms. The quantitative estimate of drug-likeness (QED) is 0.607. The van der Waals surface area contributed by atoms with Crippen LogP contribution in [-0.4, -0.2) is 43.7 Å². The highest BCUT2D eigenvalue weighted by Gasteiger charge is 2.34. The summed E-state index contributed by atoms with van der Waals surface area (Å²) in [5.41, 5.74) is 10.3. The lowest BCUT2D eigenvalue weighted by atomic mass is 9.76. The Kier molecular flexibility index (Phi) is 7.45. The predicted octanol–water partition coefficient (Wildman–Crippen LogP) is 4.52. The third-order valence-electron chi connectivity index (χ3n) is 6.71. The first-order chi connectivity index (χ1) is 15.4. The van der Waals surface area contributed by atoms with Crippen LogP contribution in [0.25, 0.3) is 0 Å². The Morgan fingerprint density at radius 2 is 2.03 bits per heavy atom. The van der Waals surface area contributed by atoms with Gasteiger partial charge >= 0.3 is 0 Å². The number of hydrogen-bond donors (Lipinski definition) is 1. The van der Waals surface area contributed by atoms with Gasteiger partial charge in [-0.25, -0.2) is 8.42 Å². The summed E-state index contributed by atoms with van der Waals surface area (Å²) in [7, 11) is -3.21. The number of nitrogens with zero attached hydrogens (tertiary/aromatic N) is 1. The van der Waals surface area contributed by atoms with Gasteiger partial charge < -0.3 is 10.5 Å². The highest BCUT2D eigenvalue weighted by atomic mass is 35.5. The van der Waals surface area contributed by atoms with Gasteiger partial charge in [0.2, 0.25) is 10.0 Å². The number of benzene rings is 2. The molecular weight excluding hydrogens is 444 g/mol. The molecule has 0 amide bonds. The molecule has 2 aromatic rings. The van der Waals surface area contributed by atoms with Gasteiger partial charge in [-0.3, -0.25) is 0 Å². The molecule has 1 heterocycles. The van der Waals surface area contributed by atoms with Crippen molar-refractivity contribution in [3.63, 3.8) is 0 Å². The van der Waals surface area contributed by atoms with E-state index in [9.17, 15) is 8.42 Å². The fourth-order valence-corrected chi connectivity index (χ4v) is 7.07. The fourth-order valence-electron chi connectivity index (χ4n) is 5.08. The lowest BCUT2D eigenvalue weighted by Crippen LogP contribution is -2.40. The standard InChI is InChI=1S/C25H33ClN2O3S/c1-2-13-32(29,30)28-12-4-7-21(28)17-31-22-10-8-19-9-11-25(27)24(23(19)16-22)15-18-5-3-6-20(26)14-18/h3,5-6,8,10,14,16,21,24-25H,2,4,7,9,11-13,15,17,27H2,1H3/t21-,24?,25?/m1/s1.